The highest BCUT2D eigenvalue weighted by atomic mass is 32.2. The molecule has 0 radical (unpaired) electrons. The molecule has 0 bridgehead atoms. The first-order valence-corrected chi connectivity index (χ1v) is 9.54. The summed E-state index contributed by atoms with van der Waals surface area (Å²) in [6.07, 6.45) is 7.11. The summed E-state index contributed by atoms with van der Waals surface area (Å²) in [5, 5.41) is 3.33. The van der Waals surface area contributed by atoms with Crippen LogP contribution in [0.15, 0.2) is 0 Å². The first kappa shape index (κ1) is 17.0. The highest BCUT2D eigenvalue weighted by Gasteiger charge is 2.32. The molecule has 0 aliphatic heterocycles. The van der Waals surface area contributed by atoms with E-state index >= 15 is 0 Å². The molecular formula is C15H31NO2S. The summed E-state index contributed by atoms with van der Waals surface area (Å²) in [7, 11) is -0.881. The Morgan fingerprint density at radius 3 is 2.05 bits per heavy atom. The van der Waals surface area contributed by atoms with Crippen LogP contribution in [0.5, 0.6) is 0 Å². The maximum atomic E-state index is 11.3. The Balaban J connectivity index is 2.48. The lowest BCUT2D eigenvalue weighted by Crippen LogP contribution is -2.38. The molecule has 0 aromatic rings. The van der Waals surface area contributed by atoms with Gasteiger partial charge in [-0.2, -0.15) is 0 Å². The highest BCUT2D eigenvalue weighted by Crippen LogP contribution is 2.40. The van der Waals surface area contributed by atoms with E-state index in [0.717, 1.165) is 12.3 Å². The number of sulfone groups is 1. The van der Waals surface area contributed by atoms with Crippen LogP contribution in [0.25, 0.3) is 0 Å². The molecule has 1 unspecified atom stereocenters. The molecular weight excluding hydrogens is 258 g/mol. The van der Waals surface area contributed by atoms with E-state index in [4.69, 9.17) is 0 Å². The maximum absolute atomic E-state index is 11.3. The van der Waals surface area contributed by atoms with Gasteiger partial charge in [0.2, 0.25) is 0 Å². The molecule has 4 heteroatoms. The lowest BCUT2D eigenvalue weighted by Gasteiger charge is -2.39. The van der Waals surface area contributed by atoms with Crippen molar-refractivity contribution < 1.29 is 8.42 Å². The van der Waals surface area contributed by atoms with Gasteiger partial charge in [-0.25, -0.2) is 8.42 Å². The van der Waals surface area contributed by atoms with E-state index in [2.05, 4.69) is 26.1 Å². The van der Waals surface area contributed by atoms with Crippen molar-refractivity contribution in [3.8, 4) is 0 Å². The fourth-order valence-electron chi connectivity index (χ4n) is 3.34. The second kappa shape index (κ2) is 6.57. The lowest BCUT2D eigenvalue weighted by molar-refractivity contribution is 0.133. The molecule has 0 amide bonds. The summed E-state index contributed by atoms with van der Waals surface area (Å²) < 4.78 is 22.6. The Kier molecular flexibility index (Phi) is 5.87. The summed E-state index contributed by atoms with van der Waals surface area (Å²) in [5.74, 6) is 1.76. The van der Waals surface area contributed by atoms with Gasteiger partial charge < -0.3 is 5.32 Å². The molecule has 1 fully saturated rings. The molecule has 1 aliphatic carbocycles. The van der Waals surface area contributed by atoms with E-state index in [-0.39, 0.29) is 0 Å². The Labute approximate surface area is 119 Å². The molecule has 114 valence electrons. The van der Waals surface area contributed by atoms with Crippen LogP contribution in [0, 0.1) is 17.3 Å². The van der Waals surface area contributed by atoms with Crippen LogP contribution < -0.4 is 5.32 Å². The normalized spacial score (nSPS) is 27.2. The van der Waals surface area contributed by atoms with Gasteiger partial charge in [0.15, 0.2) is 0 Å². The molecule has 1 N–H and O–H groups in total. The summed E-state index contributed by atoms with van der Waals surface area (Å²) in [5.41, 5.74) is 0.410. The van der Waals surface area contributed by atoms with Gasteiger partial charge >= 0.3 is 0 Å². The largest absolute Gasteiger partial charge is 0.317 e. The van der Waals surface area contributed by atoms with Crippen molar-refractivity contribution in [2.45, 2.75) is 58.9 Å². The molecule has 1 rings (SSSR count). The Morgan fingerprint density at radius 1 is 1.16 bits per heavy atom. The molecule has 3 nitrogen and oxygen atoms in total. The second-order valence-electron chi connectivity index (χ2n) is 7.29. The van der Waals surface area contributed by atoms with Crippen molar-refractivity contribution in [2.75, 3.05) is 19.1 Å². The van der Waals surface area contributed by atoms with Crippen molar-refractivity contribution in [3.05, 3.63) is 0 Å². The molecule has 0 aromatic heterocycles. The van der Waals surface area contributed by atoms with Gasteiger partial charge in [0, 0.05) is 12.3 Å². The van der Waals surface area contributed by atoms with Gasteiger partial charge in [-0.15, -0.1) is 0 Å². The molecule has 0 aromatic carbocycles. The number of rotatable bonds is 5. The monoisotopic (exact) mass is 289 g/mol. The third-order valence-electron chi connectivity index (χ3n) is 4.74. The van der Waals surface area contributed by atoms with Crippen molar-refractivity contribution >= 4 is 9.84 Å². The van der Waals surface area contributed by atoms with E-state index in [9.17, 15) is 8.42 Å². The standard InChI is InChI=1S/C15H31NO2S/c1-15(2,3)13-8-6-12(7-9-13)14(16-4)10-11-19(5,17)18/h12-14,16H,6-11H2,1-5H3. The van der Waals surface area contributed by atoms with Crippen LogP contribution in [0.3, 0.4) is 0 Å². The molecule has 19 heavy (non-hydrogen) atoms. The summed E-state index contributed by atoms with van der Waals surface area (Å²) >= 11 is 0. The van der Waals surface area contributed by atoms with Crippen LogP contribution >= 0.6 is 0 Å². The Hall–Kier alpha value is -0.0900. The van der Waals surface area contributed by atoms with Crippen LogP contribution in [0.4, 0.5) is 0 Å². The Bertz CT molecular complexity index is 362. The predicted octanol–water partition coefficient (Wildman–Crippen LogP) is 2.86. The SMILES string of the molecule is CNC(CCS(C)(=O)=O)C1CCC(C(C)(C)C)CC1. The molecule has 1 aliphatic rings. The number of hydrogen-bond donors (Lipinski definition) is 1. The summed E-state index contributed by atoms with van der Waals surface area (Å²) in [6, 6.07) is 0.357. The molecule has 0 heterocycles. The van der Waals surface area contributed by atoms with Gasteiger partial charge in [-0.05, 0) is 56.4 Å². The third kappa shape index (κ3) is 5.82. The van der Waals surface area contributed by atoms with Crippen molar-refractivity contribution in [1.29, 1.82) is 0 Å². The molecule has 0 spiro atoms. The minimum atomic E-state index is -2.84. The second-order valence-corrected chi connectivity index (χ2v) is 9.55. The van der Waals surface area contributed by atoms with E-state index < -0.39 is 9.84 Å². The fourth-order valence-corrected chi connectivity index (χ4v) is 4.03. The van der Waals surface area contributed by atoms with Crippen LogP contribution in [0.2, 0.25) is 0 Å². The first-order valence-electron chi connectivity index (χ1n) is 7.48. The quantitative estimate of drug-likeness (QED) is 0.846. The van der Waals surface area contributed by atoms with Crippen LogP contribution in [-0.2, 0) is 9.84 Å². The average Bonchev–Trinajstić information content (AvgIpc) is 2.28. The van der Waals surface area contributed by atoms with Crippen molar-refractivity contribution in [1.82, 2.24) is 5.32 Å². The van der Waals surface area contributed by atoms with E-state index in [1.54, 1.807) is 0 Å². The zero-order valence-corrected chi connectivity index (χ0v) is 14.0. The minimum Gasteiger partial charge on any atom is -0.317 e. The number of nitrogens with one attached hydrogen (secondary N) is 1. The highest BCUT2D eigenvalue weighted by molar-refractivity contribution is 7.90. The Morgan fingerprint density at radius 2 is 1.68 bits per heavy atom. The molecule has 0 saturated heterocycles. The molecule has 1 saturated carbocycles. The topological polar surface area (TPSA) is 46.2 Å². The lowest BCUT2D eigenvalue weighted by atomic mass is 9.68. The van der Waals surface area contributed by atoms with Gasteiger partial charge in [-0.1, -0.05) is 20.8 Å². The maximum Gasteiger partial charge on any atom is 0.147 e. The summed E-state index contributed by atoms with van der Waals surface area (Å²) in [4.78, 5) is 0. The smallest absolute Gasteiger partial charge is 0.147 e. The zero-order valence-electron chi connectivity index (χ0n) is 13.2. The van der Waals surface area contributed by atoms with Crippen LogP contribution in [-0.4, -0.2) is 33.5 Å². The number of hydrogen-bond acceptors (Lipinski definition) is 3. The first-order chi connectivity index (χ1) is 8.63. The average molecular weight is 289 g/mol. The van der Waals surface area contributed by atoms with Crippen molar-refractivity contribution in [3.63, 3.8) is 0 Å². The minimum absolute atomic E-state index is 0.303. The van der Waals surface area contributed by atoms with Gasteiger partial charge in [-0.3, -0.25) is 0 Å². The van der Waals surface area contributed by atoms with Gasteiger partial charge in [0.05, 0.1) is 5.75 Å². The van der Waals surface area contributed by atoms with E-state index in [0.29, 0.717) is 23.1 Å². The predicted molar refractivity (Wildman–Crippen MR) is 82.1 cm³/mol. The molecule has 1 atom stereocenters. The van der Waals surface area contributed by atoms with E-state index in [1.165, 1.54) is 31.9 Å². The van der Waals surface area contributed by atoms with Crippen molar-refractivity contribution in [2.24, 2.45) is 17.3 Å². The fraction of sp³-hybridized carbons (Fsp3) is 1.00. The van der Waals surface area contributed by atoms with E-state index in [1.807, 2.05) is 7.05 Å². The summed E-state index contributed by atoms with van der Waals surface area (Å²) in [6.45, 7) is 6.99. The van der Waals surface area contributed by atoms with Crippen LogP contribution in [0.1, 0.15) is 52.9 Å². The van der Waals surface area contributed by atoms with Gasteiger partial charge in [0.25, 0.3) is 0 Å². The zero-order chi connectivity index (χ0) is 14.7. The third-order valence-corrected chi connectivity index (χ3v) is 5.71. The van der Waals surface area contributed by atoms with Gasteiger partial charge in [0.1, 0.15) is 9.84 Å².